The van der Waals surface area contributed by atoms with E-state index in [1.807, 2.05) is 6.08 Å². The number of benzene rings is 1. The van der Waals surface area contributed by atoms with Crippen molar-refractivity contribution in [1.29, 1.82) is 0 Å². The molecular formula is C42H57N3O9S. The van der Waals surface area contributed by atoms with Crippen molar-refractivity contribution in [2.75, 3.05) is 38.3 Å². The predicted octanol–water partition coefficient (Wildman–Crippen LogP) is 6.27. The SMILES string of the molecule is CC[N+](CC)=C1C=CC2=C(C(C)(C)C)C=C(/C=C/CC3N(CCCCCC(=O)ON4C(=O)CCC4=O)c4ccc(S(=O)(=O)[O-])cc4C3(C)CCOC)OC2C1. The summed E-state index contributed by atoms with van der Waals surface area (Å²) in [6, 6.07) is 4.51. The van der Waals surface area contributed by atoms with Gasteiger partial charge in [0.05, 0.1) is 11.3 Å². The van der Waals surface area contributed by atoms with E-state index in [2.05, 4.69) is 75.3 Å². The molecule has 3 unspecified atom stereocenters. The number of carbonyl (C=O) groups is 3. The molecule has 55 heavy (non-hydrogen) atoms. The molecule has 3 aliphatic heterocycles. The molecule has 2 amide bonds. The van der Waals surface area contributed by atoms with Crippen LogP contribution in [0.3, 0.4) is 0 Å². The number of nitrogens with zero attached hydrogens (tertiary/aromatic N) is 3. The van der Waals surface area contributed by atoms with Crippen LogP contribution in [-0.4, -0.2) is 91.6 Å². The minimum atomic E-state index is -4.69. The highest BCUT2D eigenvalue weighted by Gasteiger charge is 2.47. The van der Waals surface area contributed by atoms with E-state index in [1.165, 1.54) is 29.0 Å². The average molecular weight is 780 g/mol. The van der Waals surface area contributed by atoms with Crippen LogP contribution >= 0.6 is 0 Å². The fourth-order valence-electron chi connectivity index (χ4n) is 8.25. The Morgan fingerprint density at radius 2 is 1.80 bits per heavy atom. The van der Waals surface area contributed by atoms with Crippen molar-refractivity contribution in [1.82, 2.24) is 5.06 Å². The monoisotopic (exact) mass is 779 g/mol. The average Bonchev–Trinajstić information content (AvgIpc) is 3.57. The van der Waals surface area contributed by atoms with Gasteiger partial charge in [0.25, 0.3) is 11.8 Å². The van der Waals surface area contributed by atoms with Crippen LogP contribution in [0.1, 0.15) is 105 Å². The highest BCUT2D eigenvalue weighted by Crippen LogP contribution is 2.50. The van der Waals surface area contributed by atoms with Gasteiger partial charge in [0, 0.05) is 62.7 Å². The van der Waals surface area contributed by atoms with Gasteiger partial charge in [0.15, 0.2) is 5.71 Å². The highest BCUT2D eigenvalue weighted by atomic mass is 32.2. The third-order valence-electron chi connectivity index (χ3n) is 11.3. The lowest BCUT2D eigenvalue weighted by molar-refractivity contribution is -0.521. The Labute approximate surface area is 326 Å². The van der Waals surface area contributed by atoms with Crippen molar-refractivity contribution < 1.29 is 46.2 Å². The Bertz CT molecular complexity index is 1900. The minimum absolute atomic E-state index is 0.0422. The Hall–Kier alpha value is -4.07. The molecule has 0 aromatic heterocycles. The van der Waals surface area contributed by atoms with Crippen LogP contribution < -0.4 is 4.90 Å². The number of methoxy groups -OCH3 is 1. The Morgan fingerprint density at radius 1 is 1.09 bits per heavy atom. The van der Waals surface area contributed by atoms with Gasteiger partial charge in [0.1, 0.15) is 35.1 Å². The first-order chi connectivity index (χ1) is 26.0. The smallest absolute Gasteiger partial charge is 0.333 e. The number of hydrogen-bond acceptors (Lipinski definition) is 10. The summed E-state index contributed by atoms with van der Waals surface area (Å²) in [5, 5.41) is 0.570. The zero-order chi connectivity index (χ0) is 40.1. The molecule has 3 atom stereocenters. The lowest BCUT2D eigenvalue weighted by atomic mass is 9.74. The normalized spacial score (nSPS) is 22.7. The van der Waals surface area contributed by atoms with E-state index in [0.29, 0.717) is 50.3 Å². The molecule has 1 saturated heterocycles. The number of rotatable bonds is 16. The molecule has 1 aromatic rings. The maximum Gasteiger partial charge on any atom is 0.333 e. The second kappa shape index (κ2) is 17.4. The molecule has 3 heterocycles. The number of allylic oxidation sites excluding steroid dienone is 4. The second-order valence-corrected chi connectivity index (χ2v) is 17.3. The highest BCUT2D eigenvalue weighted by molar-refractivity contribution is 7.85. The maximum absolute atomic E-state index is 12.4. The van der Waals surface area contributed by atoms with Gasteiger partial charge in [-0.1, -0.05) is 40.2 Å². The van der Waals surface area contributed by atoms with Crippen molar-refractivity contribution >= 4 is 39.3 Å². The maximum atomic E-state index is 12.4. The van der Waals surface area contributed by atoms with Crippen LogP contribution in [0.2, 0.25) is 0 Å². The van der Waals surface area contributed by atoms with Crippen LogP contribution in [-0.2, 0) is 44.2 Å². The number of hydroxylamine groups is 2. The molecule has 0 radical (unpaired) electrons. The molecular weight excluding hydrogens is 723 g/mol. The topological polar surface area (TPSA) is 146 Å². The first-order valence-electron chi connectivity index (χ1n) is 19.5. The molecule has 0 spiro atoms. The van der Waals surface area contributed by atoms with Crippen LogP contribution in [0.25, 0.3) is 0 Å². The molecule has 1 aliphatic carbocycles. The van der Waals surface area contributed by atoms with Gasteiger partial charge in [-0.25, -0.2) is 17.8 Å². The molecule has 0 bridgehead atoms. The van der Waals surface area contributed by atoms with Crippen LogP contribution in [0.5, 0.6) is 0 Å². The summed E-state index contributed by atoms with van der Waals surface area (Å²) in [4.78, 5) is 43.1. The summed E-state index contributed by atoms with van der Waals surface area (Å²) in [5.74, 6) is -0.852. The number of carbonyl (C=O) groups excluding carboxylic acids is 3. The van der Waals surface area contributed by atoms with Gasteiger partial charge >= 0.3 is 5.97 Å². The zero-order valence-electron chi connectivity index (χ0n) is 33.4. The summed E-state index contributed by atoms with van der Waals surface area (Å²) in [6.45, 7) is 16.0. The molecule has 13 heteroatoms. The summed E-state index contributed by atoms with van der Waals surface area (Å²) >= 11 is 0. The summed E-state index contributed by atoms with van der Waals surface area (Å²) in [6.07, 6.45) is 14.6. The molecule has 1 fully saturated rings. The molecule has 4 aliphatic rings. The van der Waals surface area contributed by atoms with E-state index in [-0.39, 0.29) is 41.7 Å². The van der Waals surface area contributed by atoms with Crippen molar-refractivity contribution in [3.05, 3.63) is 71.0 Å². The zero-order valence-corrected chi connectivity index (χ0v) is 34.2. The van der Waals surface area contributed by atoms with Crippen LogP contribution in [0, 0.1) is 5.41 Å². The van der Waals surface area contributed by atoms with Gasteiger partial charge in [0.2, 0.25) is 0 Å². The van der Waals surface area contributed by atoms with Crippen molar-refractivity contribution in [2.45, 2.75) is 122 Å². The van der Waals surface area contributed by atoms with Gasteiger partial charge in [-0.2, -0.15) is 0 Å². The second-order valence-electron chi connectivity index (χ2n) is 16.0. The number of unbranched alkanes of at least 4 members (excludes halogenated alkanes) is 2. The first kappa shape index (κ1) is 42.1. The van der Waals surface area contributed by atoms with E-state index < -0.39 is 33.3 Å². The van der Waals surface area contributed by atoms with Gasteiger partial charge < -0.3 is 23.8 Å². The Kier molecular flexibility index (Phi) is 13.3. The summed E-state index contributed by atoms with van der Waals surface area (Å²) < 4.78 is 51.1. The Morgan fingerprint density at radius 3 is 2.44 bits per heavy atom. The van der Waals surface area contributed by atoms with E-state index in [9.17, 15) is 27.4 Å². The standard InChI is InChI=1S/C42H57N3O9S/c1-8-43(9-2)29-17-19-32-33(41(3,4)5)27-30(53-36(32)26-29)14-13-15-37-42(6,23-25-52-7)34-28-31(55(49,50)51)18-20-35(34)44(37)24-12-10-11-16-40(48)54-45-38(46)21-22-39(45)47/h13-14,17-20,27-28,36-37H,8-12,15-16,21-26H2,1-7H3/b14-13+. The van der Waals surface area contributed by atoms with E-state index >= 15 is 0 Å². The third-order valence-corrected chi connectivity index (χ3v) is 12.1. The molecule has 300 valence electrons. The number of ether oxygens (including phenoxy) is 2. The number of hydrogen-bond donors (Lipinski definition) is 0. The van der Waals surface area contributed by atoms with Crippen LogP contribution in [0.4, 0.5) is 5.69 Å². The van der Waals surface area contributed by atoms with Gasteiger partial charge in [-0.3, -0.25) is 9.59 Å². The van der Waals surface area contributed by atoms with E-state index in [0.717, 1.165) is 36.5 Å². The summed E-state index contributed by atoms with van der Waals surface area (Å²) in [5.41, 5.74) is 4.69. The van der Waals surface area contributed by atoms with E-state index in [1.54, 1.807) is 13.2 Å². The molecule has 12 nitrogen and oxygen atoms in total. The Balaban J connectivity index is 1.38. The fourth-order valence-corrected chi connectivity index (χ4v) is 8.75. The number of imide groups is 1. The number of fused-ring (bicyclic) bond motifs is 2. The number of anilines is 1. The van der Waals surface area contributed by atoms with Crippen molar-refractivity contribution in [3.63, 3.8) is 0 Å². The van der Waals surface area contributed by atoms with Gasteiger partial charge in [-0.05, 0) is 98.1 Å². The summed E-state index contributed by atoms with van der Waals surface area (Å²) in [7, 11) is -3.06. The van der Waals surface area contributed by atoms with E-state index in [4.69, 9.17) is 14.3 Å². The largest absolute Gasteiger partial charge is 0.744 e. The fraction of sp³-hybridized carbons (Fsp3) is 0.571. The minimum Gasteiger partial charge on any atom is -0.744 e. The lowest BCUT2D eigenvalue weighted by Gasteiger charge is -2.37. The predicted molar refractivity (Wildman–Crippen MR) is 208 cm³/mol. The van der Waals surface area contributed by atoms with Crippen molar-refractivity contribution in [3.8, 4) is 0 Å². The van der Waals surface area contributed by atoms with Crippen LogP contribution in [0.15, 0.2) is 70.4 Å². The van der Waals surface area contributed by atoms with Crippen molar-refractivity contribution in [2.24, 2.45) is 5.41 Å². The molecule has 1 aromatic carbocycles. The number of amides is 2. The molecule has 0 N–H and O–H groups in total. The molecule has 5 rings (SSSR count). The van der Waals surface area contributed by atoms with Gasteiger partial charge in [-0.15, -0.1) is 5.06 Å². The lowest BCUT2D eigenvalue weighted by Crippen LogP contribution is -2.44. The molecule has 0 saturated carbocycles. The third kappa shape index (κ3) is 9.49. The first-order valence-corrected chi connectivity index (χ1v) is 20.9. The quantitative estimate of drug-likeness (QED) is 0.0815.